The van der Waals surface area contributed by atoms with Crippen LogP contribution in [0.2, 0.25) is 0 Å². The van der Waals surface area contributed by atoms with Crippen LogP contribution in [0.1, 0.15) is 33.6 Å². The summed E-state index contributed by atoms with van der Waals surface area (Å²) < 4.78 is 0. The minimum atomic E-state index is 0.00669. The van der Waals surface area contributed by atoms with Crippen molar-refractivity contribution in [2.75, 3.05) is 6.61 Å². The molecule has 1 N–H and O–H groups in total. The average Bonchev–Trinajstić information content (AvgIpc) is 1.99. The second-order valence-corrected chi connectivity index (χ2v) is 4.07. The smallest absolute Gasteiger partial charge is 0.158 e. The summed E-state index contributed by atoms with van der Waals surface area (Å²) in [6, 6.07) is 0. The summed E-state index contributed by atoms with van der Waals surface area (Å²) in [6.07, 6.45) is 1.49. The molecule has 0 aliphatic heterocycles. The van der Waals surface area contributed by atoms with Gasteiger partial charge in [0, 0.05) is 6.42 Å². The van der Waals surface area contributed by atoms with Crippen LogP contribution in [0.4, 0.5) is 0 Å². The molecule has 0 heterocycles. The summed E-state index contributed by atoms with van der Waals surface area (Å²) in [4.78, 5) is 11.3. The van der Waals surface area contributed by atoms with Crippen molar-refractivity contribution in [3.05, 3.63) is 11.1 Å². The Morgan fingerprint density at radius 3 is 2.50 bits per heavy atom. The Kier molecular flexibility index (Phi) is 2.38. The molecular weight excluding hydrogens is 152 g/mol. The predicted octanol–water partition coefficient (Wildman–Crippen LogP) is 1.68. The number of aliphatic hydroxyl groups is 1. The van der Waals surface area contributed by atoms with Crippen molar-refractivity contribution in [2.24, 2.45) is 5.41 Å². The molecule has 1 aliphatic rings. The zero-order chi connectivity index (χ0) is 9.35. The van der Waals surface area contributed by atoms with Gasteiger partial charge in [-0.15, -0.1) is 0 Å². The first-order chi connectivity index (χ1) is 5.49. The number of hydrogen-bond acceptors (Lipinski definition) is 2. The molecule has 0 aromatic heterocycles. The molecule has 0 saturated heterocycles. The molecule has 0 unspecified atom stereocenters. The molecule has 0 aromatic rings. The Morgan fingerprint density at radius 1 is 1.50 bits per heavy atom. The van der Waals surface area contributed by atoms with E-state index >= 15 is 0 Å². The molecule has 2 heteroatoms. The summed E-state index contributed by atoms with van der Waals surface area (Å²) in [6.45, 7) is 5.99. The van der Waals surface area contributed by atoms with Crippen LogP contribution >= 0.6 is 0 Å². The Bertz CT molecular complexity index is 236. The summed E-state index contributed by atoms with van der Waals surface area (Å²) in [7, 11) is 0. The van der Waals surface area contributed by atoms with Crippen LogP contribution in [0.15, 0.2) is 11.1 Å². The molecule has 0 bridgehead atoms. The van der Waals surface area contributed by atoms with E-state index in [9.17, 15) is 4.79 Å². The largest absolute Gasteiger partial charge is 0.392 e. The first kappa shape index (κ1) is 9.46. The van der Waals surface area contributed by atoms with Crippen molar-refractivity contribution in [3.8, 4) is 0 Å². The van der Waals surface area contributed by atoms with E-state index < -0.39 is 0 Å². The molecule has 0 atom stereocenters. The second-order valence-electron chi connectivity index (χ2n) is 4.07. The maximum Gasteiger partial charge on any atom is 0.158 e. The van der Waals surface area contributed by atoms with E-state index in [1.165, 1.54) is 0 Å². The molecule has 68 valence electrons. The number of aliphatic hydroxyl groups excluding tert-OH is 1. The van der Waals surface area contributed by atoms with E-state index in [1.807, 2.05) is 6.92 Å². The minimum Gasteiger partial charge on any atom is -0.392 e. The van der Waals surface area contributed by atoms with Crippen molar-refractivity contribution in [1.82, 2.24) is 0 Å². The van der Waals surface area contributed by atoms with E-state index in [0.29, 0.717) is 6.42 Å². The van der Waals surface area contributed by atoms with E-state index in [0.717, 1.165) is 17.6 Å². The van der Waals surface area contributed by atoms with Gasteiger partial charge < -0.3 is 5.11 Å². The molecular formula is C10H16O2. The third kappa shape index (κ3) is 1.44. The second kappa shape index (κ2) is 3.02. The van der Waals surface area contributed by atoms with Crippen LogP contribution < -0.4 is 0 Å². The molecule has 0 saturated carbocycles. The molecule has 12 heavy (non-hydrogen) atoms. The summed E-state index contributed by atoms with van der Waals surface area (Å²) in [5.74, 6) is 0.193. The molecule has 0 radical (unpaired) electrons. The van der Waals surface area contributed by atoms with Crippen LogP contribution in [0.5, 0.6) is 0 Å². The highest BCUT2D eigenvalue weighted by Gasteiger charge is 2.31. The zero-order valence-corrected chi connectivity index (χ0v) is 7.98. The fourth-order valence-electron chi connectivity index (χ4n) is 1.77. The fourth-order valence-corrected chi connectivity index (χ4v) is 1.77. The molecule has 0 amide bonds. The van der Waals surface area contributed by atoms with Gasteiger partial charge in [0.2, 0.25) is 0 Å². The highest BCUT2D eigenvalue weighted by Crippen LogP contribution is 2.37. The Morgan fingerprint density at radius 2 is 2.08 bits per heavy atom. The van der Waals surface area contributed by atoms with Crippen LogP contribution in [0.25, 0.3) is 0 Å². The van der Waals surface area contributed by atoms with Gasteiger partial charge in [0.05, 0.1) is 6.61 Å². The summed E-state index contributed by atoms with van der Waals surface area (Å²) in [5, 5.41) is 9.10. The highest BCUT2D eigenvalue weighted by atomic mass is 16.3. The Labute approximate surface area is 73.3 Å². The maximum atomic E-state index is 11.3. The summed E-state index contributed by atoms with van der Waals surface area (Å²) >= 11 is 0. The van der Waals surface area contributed by atoms with Gasteiger partial charge in [-0.2, -0.15) is 0 Å². The third-order valence-electron chi connectivity index (χ3n) is 2.82. The summed E-state index contributed by atoms with van der Waals surface area (Å²) in [5.41, 5.74) is 1.69. The van der Waals surface area contributed by atoms with Crippen molar-refractivity contribution in [2.45, 2.75) is 33.6 Å². The van der Waals surface area contributed by atoms with Crippen LogP contribution in [0, 0.1) is 5.41 Å². The first-order valence-corrected chi connectivity index (χ1v) is 4.33. The lowest BCUT2D eigenvalue weighted by Gasteiger charge is -2.32. The van der Waals surface area contributed by atoms with Gasteiger partial charge in [0.15, 0.2) is 5.78 Å². The third-order valence-corrected chi connectivity index (χ3v) is 2.82. The monoisotopic (exact) mass is 168 g/mol. The zero-order valence-electron chi connectivity index (χ0n) is 7.98. The fraction of sp³-hybridized carbons (Fsp3) is 0.700. The standard InChI is InChI=1S/C10H16O2/c1-7-8(6-11)10(2,3)5-4-9(7)12/h11H,4-6H2,1-3H3. The molecule has 1 rings (SSSR count). The Balaban J connectivity index is 3.09. The lowest BCUT2D eigenvalue weighted by molar-refractivity contribution is -0.116. The van der Waals surface area contributed by atoms with Crippen molar-refractivity contribution in [1.29, 1.82) is 0 Å². The van der Waals surface area contributed by atoms with Crippen molar-refractivity contribution in [3.63, 3.8) is 0 Å². The van der Waals surface area contributed by atoms with Gasteiger partial charge in [-0.25, -0.2) is 0 Å². The van der Waals surface area contributed by atoms with Gasteiger partial charge in [0.25, 0.3) is 0 Å². The van der Waals surface area contributed by atoms with Crippen molar-refractivity contribution < 1.29 is 9.90 Å². The van der Waals surface area contributed by atoms with Gasteiger partial charge in [-0.05, 0) is 29.9 Å². The number of ketones is 1. The first-order valence-electron chi connectivity index (χ1n) is 4.33. The number of Topliss-reactive ketones (excluding diaryl/α,β-unsaturated/α-hetero) is 1. The minimum absolute atomic E-state index is 0.00669. The van der Waals surface area contributed by atoms with Gasteiger partial charge >= 0.3 is 0 Å². The van der Waals surface area contributed by atoms with Gasteiger partial charge in [-0.1, -0.05) is 13.8 Å². The predicted molar refractivity (Wildman–Crippen MR) is 47.8 cm³/mol. The lowest BCUT2D eigenvalue weighted by Crippen LogP contribution is -2.27. The quantitative estimate of drug-likeness (QED) is 0.646. The molecule has 2 nitrogen and oxygen atoms in total. The highest BCUT2D eigenvalue weighted by molar-refractivity contribution is 5.96. The molecule has 0 spiro atoms. The number of hydrogen-bond donors (Lipinski definition) is 1. The van der Waals surface area contributed by atoms with Crippen LogP contribution in [0.3, 0.4) is 0 Å². The van der Waals surface area contributed by atoms with E-state index in [2.05, 4.69) is 13.8 Å². The van der Waals surface area contributed by atoms with E-state index in [-0.39, 0.29) is 17.8 Å². The maximum absolute atomic E-state index is 11.3. The molecule has 0 aromatic carbocycles. The topological polar surface area (TPSA) is 37.3 Å². The number of carbonyl (C=O) groups excluding carboxylic acids is 1. The van der Waals surface area contributed by atoms with Crippen molar-refractivity contribution >= 4 is 5.78 Å². The Hall–Kier alpha value is -0.630. The SMILES string of the molecule is CC1=C(CO)C(C)(C)CCC1=O. The van der Waals surface area contributed by atoms with E-state index in [4.69, 9.17) is 5.11 Å². The molecule has 0 fully saturated rings. The average molecular weight is 168 g/mol. The molecule has 1 aliphatic carbocycles. The van der Waals surface area contributed by atoms with Crippen LogP contribution in [-0.4, -0.2) is 17.5 Å². The number of allylic oxidation sites excluding steroid dienone is 1. The van der Waals surface area contributed by atoms with Gasteiger partial charge in [0.1, 0.15) is 0 Å². The number of carbonyl (C=O) groups is 1. The lowest BCUT2D eigenvalue weighted by atomic mass is 9.73. The normalized spacial score (nSPS) is 23.2. The van der Waals surface area contributed by atoms with Crippen LogP contribution in [-0.2, 0) is 4.79 Å². The van der Waals surface area contributed by atoms with Gasteiger partial charge in [-0.3, -0.25) is 4.79 Å². The number of rotatable bonds is 1. The van der Waals surface area contributed by atoms with E-state index in [1.54, 1.807) is 0 Å².